The van der Waals surface area contributed by atoms with Gasteiger partial charge in [0, 0.05) is 28.5 Å². The van der Waals surface area contributed by atoms with Gasteiger partial charge in [-0.05, 0) is 101 Å². The second-order valence-electron chi connectivity index (χ2n) is 13.1. The molecule has 10 rings (SSSR count). The number of aromatic nitrogens is 4. The Kier molecular flexibility index (Phi) is 7.69. The number of hydrogen-bond acceptors (Lipinski definition) is 6. The summed E-state index contributed by atoms with van der Waals surface area (Å²) in [5, 5.41) is 0. The second-order valence-corrected chi connectivity index (χ2v) is 13.1. The van der Waals surface area contributed by atoms with Crippen molar-refractivity contribution in [1.29, 1.82) is 0 Å². The summed E-state index contributed by atoms with van der Waals surface area (Å²) in [6.45, 7) is 0. The molecule has 254 valence electrons. The maximum absolute atomic E-state index is 6.06. The van der Waals surface area contributed by atoms with Gasteiger partial charge >= 0.3 is 0 Å². The van der Waals surface area contributed by atoms with E-state index in [0.717, 1.165) is 89.4 Å². The molecular weight excluding hydrogens is 665 g/mol. The molecule has 0 unspecified atom stereocenters. The molecule has 0 atom stereocenters. The van der Waals surface area contributed by atoms with Crippen molar-refractivity contribution in [3.05, 3.63) is 182 Å². The number of rotatable bonds is 7. The lowest BCUT2D eigenvalue weighted by Gasteiger charge is -2.13. The largest absolute Gasteiger partial charge is 0.436 e. The van der Waals surface area contributed by atoms with E-state index in [9.17, 15) is 0 Å². The summed E-state index contributed by atoms with van der Waals surface area (Å²) in [5.41, 5.74) is 15.2. The van der Waals surface area contributed by atoms with Gasteiger partial charge in [-0.2, -0.15) is 0 Å². The topological polar surface area (TPSA) is 77.8 Å². The zero-order valence-corrected chi connectivity index (χ0v) is 28.9. The van der Waals surface area contributed by atoms with E-state index in [0.29, 0.717) is 11.8 Å². The molecule has 4 aromatic heterocycles. The highest BCUT2D eigenvalue weighted by Gasteiger charge is 2.15. The summed E-state index contributed by atoms with van der Waals surface area (Å²) in [6.07, 6.45) is 1.80. The molecule has 6 aromatic carbocycles. The van der Waals surface area contributed by atoms with Gasteiger partial charge < -0.3 is 8.83 Å². The van der Waals surface area contributed by atoms with Crippen LogP contribution in [0.15, 0.2) is 191 Å². The zero-order valence-electron chi connectivity index (χ0n) is 28.9. The predicted molar refractivity (Wildman–Crippen MR) is 215 cm³/mol. The Labute approximate surface area is 311 Å². The number of fused-ring (bicyclic) bond motifs is 2. The standard InChI is InChI=1S/C48H30N4O2/c1-3-13-44-42(11-1)51-47(53-44)36-25-19-32(20-26-36)31-15-21-34(22-16-31)39-27-28-41(40-10-5-6-29-49-40)50-46(39)35-23-17-33(18-24-35)37-8-7-9-38(30-37)48-52-43-12-2-4-14-45(43)54-48/h1-30H. The SMILES string of the molecule is c1ccc(-c2ccc(-c3ccc(-c4ccc(-c5nc6ccccc6o5)cc4)cc3)c(-c3ccc(-c4cccc(-c5nc6ccccc6o5)c4)cc3)n2)nc1. The third-order valence-electron chi connectivity index (χ3n) is 9.67. The average molecular weight is 695 g/mol. The average Bonchev–Trinajstić information content (AvgIpc) is 3.90. The molecule has 0 saturated heterocycles. The number of hydrogen-bond donors (Lipinski definition) is 0. The van der Waals surface area contributed by atoms with Crippen molar-refractivity contribution < 1.29 is 8.83 Å². The van der Waals surface area contributed by atoms with Gasteiger partial charge in [0.1, 0.15) is 11.0 Å². The fraction of sp³-hybridized carbons (Fsp3) is 0. The van der Waals surface area contributed by atoms with Crippen LogP contribution in [-0.2, 0) is 0 Å². The van der Waals surface area contributed by atoms with Gasteiger partial charge in [0.05, 0.1) is 17.1 Å². The lowest BCUT2D eigenvalue weighted by molar-refractivity contribution is 0.619. The highest BCUT2D eigenvalue weighted by Crippen LogP contribution is 2.36. The highest BCUT2D eigenvalue weighted by atomic mass is 16.4. The fourth-order valence-electron chi connectivity index (χ4n) is 6.86. The van der Waals surface area contributed by atoms with E-state index in [2.05, 4.69) is 101 Å². The maximum atomic E-state index is 6.06. The smallest absolute Gasteiger partial charge is 0.227 e. The Morgan fingerprint density at radius 2 is 0.870 bits per heavy atom. The summed E-state index contributed by atoms with van der Waals surface area (Å²) in [6, 6.07) is 59.6. The van der Waals surface area contributed by atoms with Crippen LogP contribution in [0.1, 0.15) is 0 Å². The van der Waals surface area contributed by atoms with Crippen molar-refractivity contribution in [1.82, 2.24) is 19.9 Å². The molecule has 0 bridgehead atoms. The molecule has 0 aliphatic heterocycles. The summed E-state index contributed by atoms with van der Waals surface area (Å²) in [4.78, 5) is 19.1. The van der Waals surface area contributed by atoms with E-state index in [4.69, 9.17) is 18.8 Å². The van der Waals surface area contributed by atoms with Crippen LogP contribution in [0.4, 0.5) is 0 Å². The lowest BCUT2D eigenvalue weighted by atomic mass is 9.95. The van der Waals surface area contributed by atoms with E-state index in [-0.39, 0.29) is 0 Å². The van der Waals surface area contributed by atoms with E-state index in [1.54, 1.807) is 6.20 Å². The Morgan fingerprint density at radius 3 is 1.50 bits per heavy atom. The molecule has 0 aliphatic rings. The highest BCUT2D eigenvalue weighted by molar-refractivity contribution is 5.85. The molecule has 4 heterocycles. The first-order valence-corrected chi connectivity index (χ1v) is 17.8. The zero-order chi connectivity index (χ0) is 35.8. The van der Waals surface area contributed by atoms with Crippen LogP contribution in [0.3, 0.4) is 0 Å². The Hall–Kier alpha value is -7.44. The molecular formula is C48H30N4O2. The van der Waals surface area contributed by atoms with Crippen molar-refractivity contribution in [2.24, 2.45) is 0 Å². The van der Waals surface area contributed by atoms with Gasteiger partial charge in [0.2, 0.25) is 11.8 Å². The van der Waals surface area contributed by atoms with E-state index in [1.807, 2.05) is 84.9 Å². The summed E-state index contributed by atoms with van der Waals surface area (Å²) >= 11 is 0. The number of nitrogens with zero attached hydrogens (tertiary/aromatic N) is 4. The fourth-order valence-corrected chi connectivity index (χ4v) is 6.86. The van der Waals surface area contributed by atoms with E-state index >= 15 is 0 Å². The quantitative estimate of drug-likeness (QED) is 0.165. The minimum absolute atomic E-state index is 0.609. The first-order chi connectivity index (χ1) is 26.7. The predicted octanol–water partition coefficient (Wildman–Crippen LogP) is 12.4. The van der Waals surface area contributed by atoms with Crippen LogP contribution >= 0.6 is 0 Å². The van der Waals surface area contributed by atoms with Crippen LogP contribution in [0.25, 0.3) is 101 Å². The number of pyridine rings is 2. The van der Waals surface area contributed by atoms with Crippen molar-refractivity contribution in [3.8, 4) is 78.9 Å². The number of oxazole rings is 2. The van der Waals surface area contributed by atoms with Gasteiger partial charge in [-0.1, -0.05) is 103 Å². The van der Waals surface area contributed by atoms with Crippen molar-refractivity contribution in [2.45, 2.75) is 0 Å². The molecule has 0 spiro atoms. The Morgan fingerprint density at radius 1 is 0.333 bits per heavy atom. The number of benzene rings is 6. The molecule has 0 amide bonds. The molecule has 0 fully saturated rings. The first kappa shape index (κ1) is 31.3. The van der Waals surface area contributed by atoms with Gasteiger partial charge in [-0.3, -0.25) is 4.98 Å². The minimum atomic E-state index is 0.609. The molecule has 54 heavy (non-hydrogen) atoms. The third kappa shape index (κ3) is 5.91. The van der Waals surface area contributed by atoms with Gasteiger partial charge in [-0.25, -0.2) is 15.0 Å². The van der Waals surface area contributed by atoms with E-state index < -0.39 is 0 Å². The van der Waals surface area contributed by atoms with Crippen LogP contribution < -0.4 is 0 Å². The Balaban J connectivity index is 0.964. The molecule has 6 heteroatoms. The first-order valence-electron chi connectivity index (χ1n) is 17.8. The summed E-state index contributed by atoms with van der Waals surface area (Å²) < 4.78 is 12.0. The molecule has 10 aromatic rings. The lowest BCUT2D eigenvalue weighted by Crippen LogP contribution is -1.94. The van der Waals surface area contributed by atoms with E-state index in [1.165, 1.54) is 0 Å². The Bertz CT molecular complexity index is 2850. The summed E-state index contributed by atoms with van der Waals surface area (Å²) in [7, 11) is 0. The normalized spacial score (nSPS) is 11.3. The maximum Gasteiger partial charge on any atom is 0.227 e. The molecule has 0 radical (unpaired) electrons. The second kappa shape index (κ2) is 13.3. The van der Waals surface area contributed by atoms with Crippen molar-refractivity contribution in [2.75, 3.05) is 0 Å². The van der Waals surface area contributed by atoms with Crippen LogP contribution in [0, 0.1) is 0 Å². The monoisotopic (exact) mass is 694 g/mol. The van der Waals surface area contributed by atoms with Gasteiger partial charge in [-0.15, -0.1) is 0 Å². The van der Waals surface area contributed by atoms with Crippen LogP contribution in [0.2, 0.25) is 0 Å². The van der Waals surface area contributed by atoms with Crippen molar-refractivity contribution in [3.63, 3.8) is 0 Å². The van der Waals surface area contributed by atoms with Crippen LogP contribution in [0.5, 0.6) is 0 Å². The molecule has 6 nitrogen and oxygen atoms in total. The number of para-hydroxylation sites is 4. The van der Waals surface area contributed by atoms with Crippen molar-refractivity contribution >= 4 is 22.2 Å². The van der Waals surface area contributed by atoms with Gasteiger partial charge in [0.15, 0.2) is 11.2 Å². The van der Waals surface area contributed by atoms with Gasteiger partial charge in [0.25, 0.3) is 0 Å². The molecule has 0 aliphatic carbocycles. The van der Waals surface area contributed by atoms with Crippen LogP contribution in [-0.4, -0.2) is 19.9 Å². The molecule has 0 N–H and O–H groups in total. The summed E-state index contributed by atoms with van der Waals surface area (Å²) in [5.74, 6) is 1.23. The minimum Gasteiger partial charge on any atom is -0.436 e. The third-order valence-corrected chi connectivity index (χ3v) is 9.67. The molecule has 0 saturated carbocycles.